The lowest BCUT2D eigenvalue weighted by Gasteiger charge is -2.17. The van der Waals surface area contributed by atoms with Crippen molar-refractivity contribution < 1.29 is 27.4 Å². The number of alkyl halides is 3. The number of fused-ring (bicyclic) bond motifs is 1. The van der Waals surface area contributed by atoms with Gasteiger partial charge in [0.15, 0.2) is 0 Å². The van der Waals surface area contributed by atoms with Crippen molar-refractivity contribution in [2.24, 2.45) is 0 Å². The number of hydrogen-bond acceptors (Lipinski definition) is 6. The van der Waals surface area contributed by atoms with E-state index in [2.05, 4.69) is 20.4 Å². The van der Waals surface area contributed by atoms with Crippen LogP contribution in [0.1, 0.15) is 42.5 Å². The van der Waals surface area contributed by atoms with Crippen LogP contribution in [0.5, 0.6) is 0 Å². The van der Waals surface area contributed by atoms with Gasteiger partial charge in [0.05, 0.1) is 19.3 Å². The van der Waals surface area contributed by atoms with Gasteiger partial charge in [0.2, 0.25) is 5.91 Å². The van der Waals surface area contributed by atoms with Crippen LogP contribution in [0.2, 0.25) is 0 Å². The van der Waals surface area contributed by atoms with E-state index < -0.39 is 12.0 Å². The topological polar surface area (TPSA) is 90.6 Å². The molecule has 1 aliphatic heterocycles. The molecule has 1 N–H and O–H groups in total. The van der Waals surface area contributed by atoms with Crippen LogP contribution in [0, 0.1) is 13.8 Å². The summed E-state index contributed by atoms with van der Waals surface area (Å²) >= 11 is 0. The van der Waals surface area contributed by atoms with Gasteiger partial charge in [-0.1, -0.05) is 0 Å². The molecular weight excluding hydrogens is 391 g/mol. The fourth-order valence-corrected chi connectivity index (χ4v) is 3.24. The number of carbonyl (C=O) groups excluding carboxylic acids is 1. The summed E-state index contributed by atoms with van der Waals surface area (Å²) in [5.74, 6) is -1.51. The van der Waals surface area contributed by atoms with Crippen LogP contribution < -0.4 is 5.32 Å². The van der Waals surface area contributed by atoms with Crippen LogP contribution in [-0.2, 0) is 26.9 Å². The minimum atomic E-state index is -4.64. The summed E-state index contributed by atoms with van der Waals surface area (Å²) in [5, 5.41) is 6.38. The average molecular weight is 415 g/mol. The number of nitrogens with zero attached hydrogens (tertiary/aromatic N) is 4. The second-order valence-electron chi connectivity index (χ2n) is 7.19. The van der Waals surface area contributed by atoms with Crippen molar-refractivity contribution in [3.63, 3.8) is 0 Å². The smallest absolute Gasteiger partial charge is 0.379 e. The largest absolute Gasteiger partial charge is 0.453 e. The van der Waals surface area contributed by atoms with E-state index in [4.69, 9.17) is 9.47 Å². The Morgan fingerprint density at radius 1 is 1.38 bits per heavy atom. The highest BCUT2D eigenvalue weighted by atomic mass is 19.4. The molecule has 1 fully saturated rings. The lowest BCUT2D eigenvalue weighted by molar-refractivity contribution is -0.144. The normalized spacial score (nSPS) is 18.3. The molecular formula is C18H24F3N5O3. The summed E-state index contributed by atoms with van der Waals surface area (Å²) in [6.45, 7) is 6.84. The number of nitrogens with one attached hydrogen (secondary N) is 1. The summed E-state index contributed by atoms with van der Waals surface area (Å²) in [6, 6.07) is -0.157. The Morgan fingerprint density at radius 3 is 2.79 bits per heavy atom. The van der Waals surface area contributed by atoms with Crippen LogP contribution in [-0.4, -0.2) is 57.5 Å². The van der Waals surface area contributed by atoms with Gasteiger partial charge in [-0.15, -0.1) is 5.10 Å². The van der Waals surface area contributed by atoms with Crippen molar-refractivity contribution in [1.82, 2.24) is 24.9 Å². The lowest BCUT2D eigenvalue weighted by Crippen LogP contribution is -2.37. The minimum absolute atomic E-state index is 0.0710. The molecule has 3 heterocycles. The van der Waals surface area contributed by atoms with Crippen LogP contribution in [0.3, 0.4) is 0 Å². The molecule has 160 valence electrons. The zero-order valence-electron chi connectivity index (χ0n) is 16.5. The van der Waals surface area contributed by atoms with E-state index in [9.17, 15) is 18.0 Å². The first-order valence-electron chi connectivity index (χ1n) is 9.44. The Balaban J connectivity index is 1.59. The van der Waals surface area contributed by atoms with Gasteiger partial charge in [-0.3, -0.25) is 4.79 Å². The van der Waals surface area contributed by atoms with E-state index >= 15 is 0 Å². The van der Waals surface area contributed by atoms with E-state index in [0.29, 0.717) is 43.2 Å². The van der Waals surface area contributed by atoms with Crippen LogP contribution in [0.4, 0.5) is 13.2 Å². The molecule has 2 atom stereocenters. The van der Waals surface area contributed by atoms with Gasteiger partial charge in [-0.25, -0.2) is 9.50 Å². The van der Waals surface area contributed by atoms with Gasteiger partial charge in [0.25, 0.3) is 11.6 Å². The first kappa shape index (κ1) is 21.4. The highest BCUT2D eigenvalue weighted by Gasteiger charge is 2.37. The molecule has 0 unspecified atom stereocenters. The van der Waals surface area contributed by atoms with Crippen molar-refractivity contribution >= 4 is 11.7 Å². The Bertz CT molecular complexity index is 878. The molecule has 11 heteroatoms. The Morgan fingerprint density at radius 2 is 2.14 bits per heavy atom. The minimum Gasteiger partial charge on any atom is -0.379 e. The Hall–Kier alpha value is -2.27. The summed E-state index contributed by atoms with van der Waals surface area (Å²) in [4.78, 5) is 19.8. The van der Waals surface area contributed by atoms with Crippen LogP contribution >= 0.6 is 0 Å². The third-order valence-corrected chi connectivity index (χ3v) is 4.78. The quantitative estimate of drug-likeness (QED) is 0.744. The molecule has 0 bridgehead atoms. The SMILES string of the molecule is Cc1nc2nc(C(F)(F)F)nn2c(C)c1CCC(=O)N[C@@H](C)CO[C@H]1CCOC1. The predicted octanol–water partition coefficient (Wildman–Crippen LogP) is 2.00. The third-order valence-electron chi connectivity index (χ3n) is 4.78. The molecule has 0 saturated carbocycles. The molecule has 0 aliphatic carbocycles. The van der Waals surface area contributed by atoms with E-state index in [1.165, 1.54) is 0 Å². The van der Waals surface area contributed by atoms with E-state index in [-0.39, 0.29) is 30.3 Å². The Labute approximate surface area is 165 Å². The van der Waals surface area contributed by atoms with Gasteiger partial charge in [0, 0.05) is 30.5 Å². The number of amides is 1. The number of rotatable bonds is 7. The van der Waals surface area contributed by atoms with Crippen molar-refractivity contribution in [2.75, 3.05) is 19.8 Å². The number of aryl methyl sites for hydroxylation is 2. The molecule has 1 amide bonds. The molecule has 3 rings (SSSR count). The summed E-state index contributed by atoms with van der Waals surface area (Å²) < 4.78 is 50.6. The number of aromatic nitrogens is 4. The zero-order valence-corrected chi connectivity index (χ0v) is 16.5. The molecule has 2 aromatic rings. The number of ether oxygens (including phenoxy) is 2. The van der Waals surface area contributed by atoms with Crippen molar-refractivity contribution in [2.45, 2.75) is 58.4 Å². The van der Waals surface area contributed by atoms with Gasteiger partial charge in [-0.05, 0) is 39.2 Å². The number of carbonyl (C=O) groups is 1. The second kappa shape index (κ2) is 8.62. The van der Waals surface area contributed by atoms with Crippen molar-refractivity contribution in [3.05, 3.63) is 22.8 Å². The molecule has 1 aliphatic rings. The summed E-state index contributed by atoms with van der Waals surface area (Å²) in [7, 11) is 0. The van der Waals surface area contributed by atoms with E-state index in [1.54, 1.807) is 13.8 Å². The fourth-order valence-electron chi connectivity index (χ4n) is 3.24. The third kappa shape index (κ3) is 5.21. The van der Waals surface area contributed by atoms with Gasteiger partial charge >= 0.3 is 6.18 Å². The van der Waals surface area contributed by atoms with E-state index in [0.717, 1.165) is 10.9 Å². The summed E-state index contributed by atoms with van der Waals surface area (Å²) in [6.07, 6.45) is -3.21. The average Bonchev–Trinajstić information content (AvgIpc) is 3.28. The maximum absolute atomic E-state index is 12.9. The first-order chi connectivity index (χ1) is 13.6. The number of halogens is 3. The predicted molar refractivity (Wildman–Crippen MR) is 96.4 cm³/mol. The molecule has 8 nitrogen and oxygen atoms in total. The Kier molecular flexibility index (Phi) is 6.37. The fraction of sp³-hybridized carbons (Fsp3) is 0.667. The van der Waals surface area contributed by atoms with Crippen molar-refractivity contribution in [1.29, 1.82) is 0 Å². The van der Waals surface area contributed by atoms with Crippen LogP contribution in [0.25, 0.3) is 5.78 Å². The first-order valence-corrected chi connectivity index (χ1v) is 9.44. The maximum Gasteiger partial charge on any atom is 0.453 e. The standard InChI is InChI=1S/C18H24F3N5O3/c1-10(8-29-13-6-7-28-9-13)22-15(27)5-4-14-11(2)23-17-24-16(18(19,20)21)25-26(17)12(14)3/h10,13H,4-9H2,1-3H3,(H,22,27)/t10-,13-/m0/s1. The summed E-state index contributed by atoms with van der Waals surface area (Å²) in [5.41, 5.74) is 1.70. The van der Waals surface area contributed by atoms with Gasteiger partial charge in [0.1, 0.15) is 0 Å². The van der Waals surface area contributed by atoms with Gasteiger partial charge < -0.3 is 14.8 Å². The molecule has 0 aromatic carbocycles. The molecule has 29 heavy (non-hydrogen) atoms. The van der Waals surface area contributed by atoms with Crippen LogP contribution in [0.15, 0.2) is 0 Å². The molecule has 0 radical (unpaired) electrons. The van der Waals surface area contributed by atoms with Crippen molar-refractivity contribution in [3.8, 4) is 0 Å². The highest BCUT2D eigenvalue weighted by molar-refractivity contribution is 5.76. The monoisotopic (exact) mass is 415 g/mol. The zero-order chi connectivity index (χ0) is 21.2. The van der Waals surface area contributed by atoms with E-state index in [1.807, 2.05) is 6.92 Å². The second-order valence-corrected chi connectivity index (χ2v) is 7.19. The molecule has 0 spiro atoms. The number of hydrogen-bond donors (Lipinski definition) is 1. The molecule has 2 aromatic heterocycles. The maximum atomic E-state index is 12.9. The lowest BCUT2D eigenvalue weighted by atomic mass is 10.1. The van der Waals surface area contributed by atoms with Gasteiger partial charge in [-0.2, -0.15) is 18.2 Å². The highest BCUT2D eigenvalue weighted by Crippen LogP contribution is 2.27. The molecule has 1 saturated heterocycles.